The summed E-state index contributed by atoms with van der Waals surface area (Å²) in [4.78, 5) is 12.3. The third-order valence-corrected chi connectivity index (χ3v) is 4.68. The summed E-state index contributed by atoms with van der Waals surface area (Å²) >= 11 is 0. The van der Waals surface area contributed by atoms with Gasteiger partial charge in [0.25, 0.3) is 0 Å². The van der Waals surface area contributed by atoms with Crippen LogP contribution in [0.4, 0.5) is 0 Å². The molecule has 1 saturated carbocycles. The maximum absolute atomic E-state index is 12.3. The second-order valence-corrected chi connectivity index (χ2v) is 5.34. The van der Waals surface area contributed by atoms with E-state index in [1.54, 1.807) is 6.26 Å². The van der Waals surface area contributed by atoms with E-state index < -0.39 is 0 Å². The van der Waals surface area contributed by atoms with E-state index in [-0.39, 0.29) is 11.3 Å². The Labute approximate surface area is 89.7 Å². The van der Waals surface area contributed by atoms with Gasteiger partial charge in [0.2, 0.25) is 0 Å². The lowest BCUT2D eigenvalue weighted by atomic mass is 9.65. The van der Waals surface area contributed by atoms with Gasteiger partial charge in [-0.3, -0.25) is 4.79 Å². The SMILES string of the molecule is C[C@H]1CC[C@@H]2C(=O)c3ccoc3C[C@@]21C. The molecule has 15 heavy (non-hydrogen) atoms. The summed E-state index contributed by atoms with van der Waals surface area (Å²) in [6.45, 7) is 4.51. The van der Waals surface area contributed by atoms with Gasteiger partial charge in [0.05, 0.1) is 11.8 Å². The van der Waals surface area contributed by atoms with E-state index in [1.807, 2.05) is 6.07 Å². The fourth-order valence-electron chi connectivity index (χ4n) is 3.38. The van der Waals surface area contributed by atoms with Crippen molar-refractivity contribution in [3.63, 3.8) is 0 Å². The molecular weight excluding hydrogens is 188 g/mol. The average Bonchev–Trinajstić information content (AvgIpc) is 2.74. The standard InChI is InChI=1S/C13H16O2/c1-8-3-4-10-12(14)9-5-6-15-11(9)7-13(8,10)2/h5-6,8,10H,3-4,7H2,1-2H3/t8-,10+,13+/m0/s1. The fraction of sp³-hybridized carbons (Fsp3) is 0.615. The zero-order valence-corrected chi connectivity index (χ0v) is 9.25. The Hall–Kier alpha value is -1.05. The van der Waals surface area contributed by atoms with Gasteiger partial charge >= 0.3 is 0 Å². The van der Waals surface area contributed by atoms with Crippen molar-refractivity contribution < 1.29 is 9.21 Å². The van der Waals surface area contributed by atoms with E-state index in [4.69, 9.17) is 4.42 Å². The molecule has 1 aromatic heterocycles. The summed E-state index contributed by atoms with van der Waals surface area (Å²) in [5.41, 5.74) is 0.980. The number of carbonyl (C=O) groups excluding carboxylic acids is 1. The molecule has 0 unspecified atom stereocenters. The molecule has 0 aliphatic heterocycles. The third kappa shape index (κ3) is 1.02. The Morgan fingerprint density at radius 3 is 3.07 bits per heavy atom. The van der Waals surface area contributed by atoms with Crippen LogP contribution in [0.2, 0.25) is 0 Å². The van der Waals surface area contributed by atoms with Crippen LogP contribution in [-0.2, 0) is 6.42 Å². The third-order valence-electron chi connectivity index (χ3n) is 4.68. The van der Waals surface area contributed by atoms with Gasteiger partial charge < -0.3 is 4.42 Å². The molecule has 80 valence electrons. The van der Waals surface area contributed by atoms with Crippen LogP contribution in [0.1, 0.15) is 42.8 Å². The molecule has 1 fully saturated rings. The van der Waals surface area contributed by atoms with Crippen molar-refractivity contribution in [3.05, 3.63) is 23.7 Å². The van der Waals surface area contributed by atoms with Crippen molar-refractivity contribution in [3.8, 4) is 0 Å². The lowest BCUT2D eigenvalue weighted by Crippen LogP contribution is -2.38. The molecule has 1 heterocycles. The van der Waals surface area contributed by atoms with Crippen molar-refractivity contribution in [2.24, 2.45) is 17.3 Å². The van der Waals surface area contributed by atoms with Crippen molar-refractivity contribution in [1.82, 2.24) is 0 Å². The highest BCUT2D eigenvalue weighted by Crippen LogP contribution is 2.53. The molecule has 0 radical (unpaired) electrons. The van der Waals surface area contributed by atoms with Gasteiger partial charge in [-0.2, -0.15) is 0 Å². The summed E-state index contributed by atoms with van der Waals surface area (Å²) in [5, 5.41) is 0. The van der Waals surface area contributed by atoms with E-state index in [9.17, 15) is 4.79 Å². The van der Waals surface area contributed by atoms with Gasteiger partial charge in [0.15, 0.2) is 5.78 Å². The second kappa shape index (κ2) is 2.75. The maximum atomic E-state index is 12.3. The summed E-state index contributed by atoms with van der Waals surface area (Å²) in [5.74, 6) is 2.09. The summed E-state index contributed by atoms with van der Waals surface area (Å²) in [7, 11) is 0. The molecule has 2 aliphatic carbocycles. The topological polar surface area (TPSA) is 30.2 Å². The zero-order chi connectivity index (χ0) is 10.6. The van der Waals surface area contributed by atoms with Crippen LogP contribution in [0.3, 0.4) is 0 Å². The van der Waals surface area contributed by atoms with Crippen LogP contribution in [0.25, 0.3) is 0 Å². The highest BCUT2D eigenvalue weighted by Gasteiger charge is 2.52. The molecule has 2 nitrogen and oxygen atoms in total. The number of fused-ring (bicyclic) bond motifs is 2. The monoisotopic (exact) mass is 204 g/mol. The van der Waals surface area contributed by atoms with Crippen molar-refractivity contribution in [2.75, 3.05) is 0 Å². The lowest BCUT2D eigenvalue weighted by Gasteiger charge is -2.37. The Balaban J connectivity index is 2.12. The van der Waals surface area contributed by atoms with E-state index in [0.29, 0.717) is 11.7 Å². The summed E-state index contributed by atoms with van der Waals surface area (Å²) in [6.07, 6.45) is 4.82. The molecule has 0 aromatic carbocycles. The Morgan fingerprint density at radius 1 is 1.47 bits per heavy atom. The predicted octanol–water partition coefficient (Wildman–Crippen LogP) is 3.07. The number of hydrogen-bond acceptors (Lipinski definition) is 2. The van der Waals surface area contributed by atoms with E-state index in [2.05, 4.69) is 13.8 Å². The Bertz CT molecular complexity index is 418. The first-order valence-electron chi connectivity index (χ1n) is 5.73. The molecule has 0 bridgehead atoms. The largest absolute Gasteiger partial charge is 0.469 e. The van der Waals surface area contributed by atoms with Gasteiger partial charge in [-0.15, -0.1) is 0 Å². The van der Waals surface area contributed by atoms with Crippen LogP contribution in [0.5, 0.6) is 0 Å². The van der Waals surface area contributed by atoms with Crippen molar-refractivity contribution >= 4 is 5.78 Å². The molecule has 3 rings (SSSR count). The van der Waals surface area contributed by atoms with Gasteiger partial charge in [0, 0.05) is 12.3 Å². The molecule has 0 N–H and O–H groups in total. The lowest BCUT2D eigenvalue weighted by molar-refractivity contribution is 0.0715. The normalized spacial score (nSPS) is 38.9. The zero-order valence-electron chi connectivity index (χ0n) is 9.25. The summed E-state index contributed by atoms with van der Waals surface area (Å²) < 4.78 is 5.43. The van der Waals surface area contributed by atoms with E-state index in [0.717, 1.165) is 24.2 Å². The minimum atomic E-state index is 0.141. The molecular formula is C13H16O2. The average molecular weight is 204 g/mol. The second-order valence-electron chi connectivity index (χ2n) is 5.34. The highest BCUT2D eigenvalue weighted by molar-refractivity contribution is 6.00. The highest BCUT2D eigenvalue weighted by atomic mass is 16.3. The molecule has 2 heteroatoms. The molecule has 2 aliphatic rings. The quantitative estimate of drug-likeness (QED) is 0.650. The fourth-order valence-corrected chi connectivity index (χ4v) is 3.38. The van der Waals surface area contributed by atoms with Gasteiger partial charge in [0.1, 0.15) is 5.76 Å². The number of hydrogen-bond donors (Lipinski definition) is 0. The first kappa shape index (κ1) is 9.20. The molecule has 1 aromatic rings. The minimum Gasteiger partial charge on any atom is -0.469 e. The Kier molecular flexibility index (Phi) is 1.68. The number of Topliss-reactive ketones (excluding diaryl/α,β-unsaturated/α-hetero) is 1. The van der Waals surface area contributed by atoms with Gasteiger partial charge in [-0.1, -0.05) is 13.8 Å². The summed E-state index contributed by atoms with van der Waals surface area (Å²) in [6, 6.07) is 1.83. The van der Waals surface area contributed by atoms with Gasteiger partial charge in [-0.25, -0.2) is 0 Å². The molecule has 0 saturated heterocycles. The van der Waals surface area contributed by atoms with E-state index >= 15 is 0 Å². The van der Waals surface area contributed by atoms with Crippen LogP contribution in [0.15, 0.2) is 16.7 Å². The van der Waals surface area contributed by atoms with Gasteiger partial charge in [-0.05, 0) is 30.2 Å². The van der Waals surface area contributed by atoms with Crippen LogP contribution in [-0.4, -0.2) is 5.78 Å². The molecule has 3 atom stereocenters. The number of rotatable bonds is 0. The first-order chi connectivity index (χ1) is 7.13. The van der Waals surface area contributed by atoms with E-state index in [1.165, 1.54) is 6.42 Å². The Morgan fingerprint density at radius 2 is 2.27 bits per heavy atom. The predicted molar refractivity (Wildman–Crippen MR) is 56.7 cm³/mol. The molecule has 0 spiro atoms. The van der Waals surface area contributed by atoms with Crippen LogP contribution >= 0.6 is 0 Å². The van der Waals surface area contributed by atoms with Crippen molar-refractivity contribution in [1.29, 1.82) is 0 Å². The first-order valence-corrected chi connectivity index (χ1v) is 5.73. The number of carbonyl (C=O) groups is 1. The van der Waals surface area contributed by atoms with Crippen molar-refractivity contribution in [2.45, 2.75) is 33.1 Å². The smallest absolute Gasteiger partial charge is 0.170 e. The minimum absolute atomic E-state index is 0.141. The number of furan rings is 1. The molecule has 0 amide bonds. The maximum Gasteiger partial charge on any atom is 0.170 e. The number of ketones is 1. The van der Waals surface area contributed by atoms with Crippen LogP contribution < -0.4 is 0 Å². The van der Waals surface area contributed by atoms with Crippen LogP contribution in [0, 0.1) is 17.3 Å².